The van der Waals surface area contributed by atoms with Gasteiger partial charge < -0.3 is 79.0 Å². The maximum absolute atomic E-state index is 8.76. The van der Waals surface area contributed by atoms with Gasteiger partial charge >= 0.3 is 21.1 Å². The molecule has 1 nitrogen and oxygen atoms in total. The van der Waals surface area contributed by atoms with Gasteiger partial charge in [0.05, 0.1) is 0 Å². The van der Waals surface area contributed by atoms with Crippen LogP contribution >= 0.6 is 0 Å². The number of phenolic OH excluding ortho intramolecular Hbond substituents is 1. The maximum Gasteiger partial charge on any atom is 2.00 e. The first kappa shape index (κ1) is 49.5. The van der Waals surface area contributed by atoms with E-state index in [0.29, 0.717) is 5.75 Å². The summed E-state index contributed by atoms with van der Waals surface area (Å²) < 4.78 is 0. The zero-order chi connectivity index (χ0) is 13.1. The summed E-state index contributed by atoms with van der Waals surface area (Å²) in [5, 5.41) is 8.76. The van der Waals surface area contributed by atoms with Gasteiger partial charge in [0.15, 0.2) is 0 Å². The van der Waals surface area contributed by atoms with Gasteiger partial charge in [-0.2, -0.15) is 41.5 Å². The van der Waals surface area contributed by atoms with E-state index in [2.05, 4.69) is 41.5 Å². The molecule has 0 radical (unpaired) electrons. The molecule has 1 aromatic carbocycles. The Hall–Kier alpha value is 1.16. The Kier molecular flexibility index (Phi) is 75.8. The van der Waals surface area contributed by atoms with E-state index in [1.54, 1.807) is 12.1 Å². The van der Waals surface area contributed by atoms with Crippen LogP contribution in [0.2, 0.25) is 0 Å². The third-order valence-electron chi connectivity index (χ3n) is 1.03. The molecule has 0 spiro atoms. The normalized spacial score (nSPS) is 6.59. The summed E-state index contributed by atoms with van der Waals surface area (Å²) in [4.78, 5) is 0. The quantitative estimate of drug-likeness (QED) is 0.301. The molecule has 0 bridgehead atoms. The molecular weight excluding hydrogens is 557 g/mol. The van der Waals surface area contributed by atoms with Crippen molar-refractivity contribution in [3.8, 4) is 5.75 Å². The van der Waals surface area contributed by atoms with E-state index in [1.165, 1.54) is 17.4 Å². The number of phenols is 1. The van der Waals surface area contributed by atoms with Gasteiger partial charge in [0, 0.05) is 0 Å². The van der Waals surface area contributed by atoms with Crippen LogP contribution in [0.5, 0.6) is 5.75 Å². The molecular formula is C15H26Cl5OW-5. The standard InChI is InChI=1S/C7H8O.2C4H9.5ClH.W/c1-6-2-4-7(8)5-3-6;2*1-4(2)3;;;;;;/h2-5,8H,1H3;2*1-3H3;5*1H;/q;2*-1;;;;;;+2/p-5. The second-order valence-electron chi connectivity index (χ2n) is 4.84. The molecule has 7 heteroatoms. The minimum absolute atomic E-state index is 0. The van der Waals surface area contributed by atoms with Gasteiger partial charge in [0.1, 0.15) is 5.75 Å². The number of aromatic hydroxyl groups is 1. The molecule has 138 valence electrons. The number of hydrogen-bond acceptors (Lipinski definition) is 1. The van der Waals surface area contributed by atoms with Crippen LogP contribution in [0.25, 0.3) is 0 Å². The van der Waals surface area contributed by atoms with Gasteiger partial charge in [0.2, 0.25) is 0 Å². The minimum atomic E-state index is 0. The Morgan fingerprint density at radius 3 is 0.955 bits per heavy atom. The van der Waals surface area contributed by atoms with Gasteiger partial charge in [-0.15, -0.1) is 0 Å². The summed E-state index contributed by atoms with van der Waals surface area (Å²) in [6.07, 6.45) is 0. The minimum Gasteiger partial charge on any atom is -1.00 e. The number of halogens is 5. The zero-order valence-electron chi connectivity index (χ0n) is 14.1. The van der Waals surface area contributed by atoms with E-state index >= 15 is 0 Å². The molecule has 0 aliphatic carbocycles. The molecule has 0 amide bonds. The predicted octanol–water partition coefficient (Wildman–Crippen LogP) is -10.0. The zero-order valence-corrected chi connectivity index (χ0v) is 20.8. The Morgan fingerprint density at radius 1 is 0.636 bits per heavy atom. The van der Waals surface area contributed by atoms with Gasteiger partial charge in [-0.1, -0.05) is 17.7 Å². The number of rotatable bonds is 0. The van der Waals surface area contributed by atoms with E-state index in [1.807, 2.05) is 19.1 Å². The monoisotopic (exact) mass is 581 g/mol. The fourth-order valence-corrected chi connectivity index (χ4v) is 0.545. The maximum atomic E-state index is 8.76. The largest absolute Gasteiger partial charge is 2.00 e. The van der Waals surface area contributed by atoms with Crippen LogP contribution in [0.3, 0.4) is 0 Å². The van der Waals surface area contributed by atoms with Crippen molar-refractivity contribution < 1.29 is 88.2 Å². The van der Waals surface area contributed by atoms with E-state index in [4.69, 9.17) is 5.11 Å². The van der Waals surface area contributed by atoms with Gasteiger partial charge in [0.25, 0.3) is 0 Å². The fraction of sp³-hybridized carbons (Fsp3) is 0.467. The molecule has 0 aliphatic heterocycles. The second-order valence-corrected chi connectivity index (χ2v) is 4.84. The number of aryl methyl sites for hydroxylation is 1. The van der Waals surface area contributed by atoms with Gasteiger partial charge in [-0.3, -0.25) is 0 Å². The van der Waals surface area contributed by atoms with Crippen molar-refractivity contribution in [2.45, 2.75) is 48.5 Å². The molecule has 0 atom stereocenters. The number of benzene rings is 1. The summed E-state index contributed by atoms with van der Waals surface area (Å²) in [7, 11) is 0. The Balaban J connectivity index is -0.0000000211. The van der Waals surface area contributed by atoms with E-state index in [-0.39, 0.29) is 83.1 Å². The van der Waals surface area contributed by atoms with Crippen LogP contribution in [0, 0.1) is 18.8 Å². The first-order valence-corrected chi connectivity index (χ1v) is 5.54. The van der Waals surface area contributed by atoms with E-state index < -0.39 is 0 Å². The SMILES string of the molecule is C[C-](C)C.C[C-](C)C.Cc1ccc(O)cc1.[Cl-].[Cl-].[Cl-].[Cl-].[Cl-].[W+2]. The van der Waals surface area contributed by atoms with E-state index in [0.717, 1.165) is 0 Å². The molecule has 0 unspecified atom stereocenters. The van der Waals surface area contributed by atoms with Crippen molar-refractivity contribution in [1.82, 2.24) is 0 Å². The first-order valence-electron chi connectivity index (χ1n) is 5.54. The van der Waals surface area contributed by atoms with Crippen LogP contribution < -0.4 is 62.0 Å². The molecule has 0 saturated heterocycles. The Bertz CT molecular complexity index is 224. The van der Waals surface area contributed by atoms with Crippen LogP contribution in [0.1, 0.15) is 47.1 Å². The average molecular weight is 583 g/mol. The van der Waals surface area contributed by atoms with Crippen LogP contribution in [-0.2, 0) is 21.1 Å². The second kappa shape index (κ2) is 33.7. The van der Waals surface area contributed by atoms with Crippen molar-refractivity contribution in [3.63, 3.8) is 0 Å². The third-order valence-corrected chi connectivity index (χ3v) is 1.03. The van der Waals surface area contributed by atoms with Gasteiger partial charge in [-0.25, -0.2) is 0 Å². The Labute approximate surface area is 183 Å². The first-order chi connectivity index (χ1) is 7.25. The summed E-state index contributed by atoms with van der Waals surface area (Å²) in [5.41, 5.74) is 1.17. The molecule has 1 aromatic rings. The topological polar surface area (TPSA) is 20.2 Å². The molecule has 0 heterocycles. The summed E-state index contributed by atoms with van der Waals surface area (Å²) in [6, 6.07) is 7.09. The predicted molar refractivity (Wildman–Crippen MR) is 73.4 cm³/mol. The van der Waals surface area contributed by atoms with Gasteiger partial charge in [-0.05, 0) is 19.1 Å². The van der Waals surface area contributed by atoms with Crippen molar-refractivity contribution in [2.75, 3.05) is 0 Å². The molecule has 0 aliphatic rings. The molecule has 1 N–H and O–H groups in total. The molecule has 1 rings (SSSR count). The summed E-state index contributed by atoms with van der Waals surface area (Å²) in [5.74, 6) is 3.16. The fourth-order valence-electron chi connectivity index (χ4n) is 0.545. The molecule has 0 fully saturated rings. The van der Waals surface area contributed by atoms with Crippen LogP contribution in [0.15, 0.2) is 24.3 Å². The Morgan fingerprint density at radius 2 is 0.818 bits per heavy atom. The van der Waals surface area contributed by atoms with Crippen molar-refractivity contribution >= 4 is 0 Å². The van der Waals surface area contributed by atoms with Crippen molar-refractivity contribution in [2.24, 2.45) is 0 Å². The smallest absolute Gasteiger partial charge is 1.00 e. The van der Waals surface area contributed by atoms with E-state index in [9.17, 15) is 0 Å². The van der Waals surface area contributed by atoms with Crippen LogP contribution in [-0.4, -0.2) is 5.11 Å². The molecule has 0 aromatic heterocycles. The molecule has 22 heavy (non-hydrogen) atoms. The summed E-state index contributed by atoms with van der Waals surface area (Å²) >= 11 is 0. The third kappa shape index (κ3) is 69.1. The van der Waals surface area contributed by atoms with Crippen LogP contribution in [0.4, 0.5) is 0 Å². The van der Waals surface area contributed by atoms with Crippen molar-refractivity contribution in [1.29, 1.82) is 0 Å². The number of hydrogen-bond donors (Lipinski definition) is 1. The molecule has 0 saturated carbocycles. The summed E-state index contributed by atoms with van der Waals surface area (Å²) in [6.45, 7) is 14.5. The average Bonchev–Trinajstić information content (AvgIpc) is 2.08. The van der Waals surface area contributed by atoms with Crippen molar-refractivity contribution in [3.05, 3.63) is 41.7 Å².